The van der Waals surface area contributed by atoms with E-state index in [4.69, 9.17) is 27.7 Å². The van der Waals surface area contributed by atoms with Crippen molar-refractivity contribution in [2.24, 2.45) is 0 Å². The zero-order valence-electron chi connectivity index (χ0n) is 7.82. The van der Waals surface area contributed by atoms with Crippen molar-refractivity contribution in [3.63, 3.8) is 0 Å². The highest BCUT2D eigenvalue weighted by atomic mass is 35.5. The van der Waals surface area contributed by atoms with Crippen LogP contribution in [0.4, 0.5) is 0 Å². The summed E-state index contributed by atoms with van der Waals surface area (Å²) >= 11 is 12.7. The standard InChI is InChI=1S/C7H14Cl2NO2PS/c8-2-4-10(5-3-9)13(11)12-6-1-7-14-13/h1-7H2. The van der Waals surface area contributed by atoms with Crippen LogP contribution in [-0.2, 0) is 9.09 Å². The van der Waals surface area contributed by atoms with Crippen molar-refractivity contribution in [3.8, 4) is 0 Å². The van der Waals surface area contributed by atoms with Crippen LogP contribution in [0.5, 0.6) is 0 Å². The maximum absolute atomic E-state index is 12.3. The highest BCUT2D eigenvalue weighted by Gasteiger charge is 2.34. The maximum atomic E-state index is 12.3. The molecule has 0 saturated carbocycles. The number of hydrogen-bond acceptors (Lipinski definition) is 3. The van der Waals surface area contributed by atoms with E-state index in [1.165, 1.54) is 11.4 Å². The molecule has 0 aromatic carbocycles. The van der Waals surface area contributed by atoms with Gasteiger partial charge in [-0.15, -0.1) is 23.2 Å². The summed E-state index contributed by atoms with van der Waals surface area (Å²) < 4.78 is 19.4. The van der Waals surface area contributed by atoms with Crippen molar-refractivity contribution in [1.82, 2.24) is 4.67 Å². The molecule has 0 aromatic heterocycles. The Kier molecular flexibility index (Phi) is 6.21. The van der Waals surface area contributed by atoms with Gasteiger partial charge in [0.15, 0.2) is 0 Å². The van der Waals surface area contributed by atoms with Crippen LogP contribution in [0.2, 0.25) is 0 Å². The van der Waals surface area contributed by atoms with Gasteiger partial charge >= 0.3 is 6.72 Å². The fraction of sp³-hybridized carbons (Fsp3) is 1.00. The lowest BCUT2D eigenvalue weighted by molar-refractivity contribution is 0.276. The van der Waals surface area contributed by atoms with E-state index in [1.807, 2.05) is 0 Å². The van der Waals surface area contributed by atoms with Gasteiger partial charge in [0, 0.05) is 30.6 Å². The Bertz CT molecular complexity index is 204. The Hall–Kier alpha value is 1.08. The van der Waals surface area contributed by atoms with Gasteiger partial charge in [-0.05, 0) is 6.42 Å². The van der Waals surface area contributed by atoms with E-state index >= 15 is 0 Å². The van der Waals surface area contributed by atoms with Crippen LogP contribution in [-0.4, -0.2) is 41.9 Å². The lowest BCUT2D eigenvalue weighted by Gasteiger charge is -2.31. The summed E-state index contributed by atoms with van der Waals surface area (Å²) in [6.07, 6.45) is 0.963. The summed E-state index contributed by atoms with van der Waals surface area (Å²) in [4.78, 5) is 0. The zero-order valence-corrected chi connectivity index (χ0v) is 11.0. The smallest absolute Gasteiger partial charge is 0.310 e. The molecule has 0 bridgehead atoms. The molecule has 0 amide bonds. The van der Waals surface area contributed by atoms with E-state index in [1.54, 1.807) is 4.67 Å². The van der Waals surface area contributed by atoms with Crippen LogP contribution in [0.3, 0.4) is 0 Å². The average Bonchev–Trinajstić information content (AvgIpc) is 2.19. The van der Waals surface area contributed by atoms with Gasteiger partial charge in [-0.2, -0.15) is 0 Å². The van der Waals surface area contributed by atoms with Crippen molar-refractivity contribution in [3.05, 3.63) is 0 Å². The Morgan fingerprint density at radius 3 is 2.43 bits per heavy atom. The van der Waals surface area contributed by atoms with Crippen LogP contribution < -0.4 is 0 Å². The van der Waals surface area contributed by atoms with Crippen molar-refractivity contribution in [1.29, 1.82) is 0 Å². The molecule has 0 aromatic rings. The van der Waals surface area contributed by atoms with E-state index in [0.29, 0.717) is 31.5 Å². The van der Waals surface area contributed by atoms with Crippen molar-refractivity contribution >= 4 is 41.3 Å². The second-order valence-corrected chi connectivity index (χ2v) is 8.16. The normalized spacial score (nSPS) is 28.2. The van der Waals surface area contributed by atoms with E-state index in [-0.39, 0.29) is 0 Å². The Labute approximate surface area is 98.7 Å². The van der Waals surface area contributed by atoms with E-state index in [0.717, 1.165) is 12.2 Å². The van der Waals surface area contributed by atoms with Crippen LogP contribution in [0.1, 0.15) is 6.42 Å². The molecule has 1 atom stereocenters. The van der Waals surface area contributed by atoms with Gasteiger partial charge in [-0.1, -0.05) is 11.4 Å². The Morgan fingerprint density at radius 1 is 1.36 bits per heavy atom. The first-order chi connectivity index (χ1) is 6.73. The molecule has 0 radical (unpaired) electrons. The molecule has 84 valence electrons. The molecule has 0 N–H and O–H groups in total. The van der Waals surface area contributed by atoms with E-state index < -0.39 is 6.72 Å². The minimum atomic E-state index is -2.68. The lowest BCUT2D eigenvalue weighted by Crippen LogP contribution is -2.26. The van der Waals surface area contributed by atoms with Gasteiger partial charge in [-0.3, -0.25) is 4.57 Å². The van der Waals surface area contributed by atoms with E-state index in [2.05, 4.69) is 0 Å². The van der Waals surface area contributed by atoms with Gasteiger partial charge < -0.3 is 4.52 Å². The molecule has 1 fully saturated rings. The van der Waals surface area contributed by atoms with Crippen molar-refractivity contribution < 1.29 is 9.09 Å². The molecule has 1 unspecified atom stereocenters. The molecular weight excluding hydrogens is 264 g/mol. The van der Waals surface area contributed by atoms with E-state index in [9.17, 15) is 4.57 Å². The van der Waals surface area contributed by atoms with Crippen molar-refractivity contribution in [2.75, 3.05) is 37.2 Å². The number of nitrogens with zero attached hydrogens (tertiary/aromatic N) is 1. The minimum Gasteiger partial charge on any atom is -0.310 e. The molecule has 1 aliphatic heterocycles. The topological polar surface area (TPSA) is 29.5 Å². The predicted octanol–water partition coefficient (Wildman–Crippen LogP) is 3.03. The van der Waals surface area contributed by atoms with Gasteiger partial charge in [0.05, 0.1) is 6.61 Å². The third-order valence-corrected chi connectivity index (χ3v) is 7.10. The Morgan fingerprint density at radius 2 is 2.00 bits per heavy atom. The molecule has 1 aliphatic rings. The van der Waals surface area contributed by atoms with Crippen LogP contribution in [0.25, 0.3) is 0 Å². The highest BCUT2D eigenvalue weighted by Crippen LogP contribution is 2.64. The van der Waals surface area contributed by atoms with Gasteiger partial charge in [0.25, 0.3) is 0 Å². The Balaban J connectivity index is 2.58. The first kappa shape index (κ1) is 13.1. The molecule has 1 saturated heterocycles. The number of alkyl halides is 2. The zero-order chi connectivity index (χ0) is 10.4. The SMILES string of the molecule is O=P1(N(CCCl)CCCl)OCCCS1. The summed E-state index contributed by atoms with van der Waals surface area (Å²) in [5, 5.41) is 0. The van der Waals surface area contributed by atoms with Gasteiger partial charge in [-0.25, -0.2) is 4.67 Å². The summed E-state index contributed by atoms with van der Waals surface area (Å²) in [6.45, 7) is -0.965. The highest BCUT2D eigenvalue weighted by molar-refractivity contribution is 8.55. The minimum absolute atomic E-state index is 0.449. The van der Waals surface area contributed by atoms with Crippen LogP contribution in [0, 0.1) is 0 Å². The number of rotatable bonds is 5. The van der Waals surface area contributed by atoms with Crippen LogP contribution >= 0.6 is 41.3 Å². The number of hydrogen-bond donors (Lipinski definition) is 0. The van der Waals surface area contributed by atoms with Crippen LogP contribution in [0.15, 0.2) is 0 Å². The second kappa shape index (κ2) is 6.62. The summed E-state index contributed by atoms with van der Waals surface area (Å²) in [5.41, 5.74) is 0. The molecular formula is C7H14Cl2NO2PS. The third kappa shape index (κ3) is 3.58. The average molecular weight is 278 g/mol. The molecule has 0 spiro atoms. The fourth-order valence-electron chi connectivity index (χ4n) is 1.17. The first-order valence-corrected chi connectivity index (χ1v) is 8.73. The fourth-order valence-corrected chi connectivity index (χ4v) is 6.25. The third-order valence-electron chi connectivity index (χ3n) is 1.83. The lowest BCUT2D eigenvalue weighted by atomic mass is 10.5. The molecule has 3 nitrogen and oxygen atoms in total. The predicted molar refractivity (Wildman–Crippen MR) is 63.6 cm³/mol. The molecule has 14 heavy (non-hydrogen) atoms. The monoisotopic (exact) mass is 277 g/mol. The summed E-state index contributed by atoms with van der Waals surface area (Å²) in [6, 6.07) is 0. The largest absolute Gasteiger partial charge is 0.329 e. The number of halogens is 2. The maximum Gasteiger partial charge on any atom is 0.329 e. The first-order valence-electron chi connectivity index (χ1n) is 4.49. The second-order valence-electron chi connectivity index (χ2n) is 2.82. The summed E-state index contributed by atoms with van der Waals surface area (Å²) in [7, 11) is 0. The summed E-state index contributed by atoms with van der Waals surface area (Å²) in [5.74, 6) is 1.79. The van der Waals surface area contributed by atoms with Crippen molar-refractivity contribution in [2.45, 2.75) is 6.42 Å². The molecule has 1 rings (SSSR count). The molecule has 1 heterocycles. The molecule has 0 aliphatic carbocycles. The van der Waals surface area contributed by atoms with Gasteiger partial charge in [0.2, 0.25) is 0 Å². The molecule has 7 heteroatoms. The quantitative estimate of drug-likeness (QED) is 0.571. The van der Waals surface area contributed by atoms with Gasteiger partial charge in [0.1, 0.15) is 0 Å².